The zero-order valence-corrected chi connectivity index (χ0v) is 14.8. The van der Waals surface area contributed by atoms with Crippen LogP contribution in [-0.4, -0.2) is 37.1 Å². The summed E-state index contributed by atoms with van der Waals surface area (Å²) < 4.78 is 1.21. The van der Waals surface area contributed by atoms with Crippen molar-refractivity contribution < 1.29 is 0 Å². The molecule has 0 aliphatic carbocycles. The highest BCUT2D eigenvalue weighted by molar-refractivity contribution is 9.10. The highest BCUT2D eigenvalue weighted by Gasteiger charge is 2.11. The molecule has 1 heterocycles. The van der Waals surface area contributed by atoms with Gasteiger partial charge in [0.1, 0.15) is 0 Å². The summed E-state index contributed by atoms with van der Waals surface area (Å²) in [6, 6.07) is 2.86. The molecule has 4 heteroatoms. The van der Waals surface area contributed by atoms with Gasteiger partial charge in [-0.25, -0.2) is 0 Å². The highest BCUT2D eigenvalue weighted by atomic mass is 79.9. The van der Waals surface area contributed by atoms with E-state index in [0.29, 0.717) is 6.04 Å². The minimum absolute atomic E-state index is 0.603. The molecule has 0 fully saturated rings. The first-order chi connectivity index (χ1) is 9.19. The van der Waals surface area contributed by atoms with Crippen molar-refractivity contribution in [1.29, 1.82) is 0 Å². The molecule has 0 spiro atoms. The molecule has 0 radical (unpaired) electrons. The molecule has 0 aliphatic rings. The van der Waals surface area contributed by atoms with Crippen LogP contribution in [0.15, 0.2) is 15.9 Å². The minimum Gasteiger partial charge on any atom is -0.314 e. The minimum atomic E-state index is 0.603. The smallest absolute Gasteiger partial charge is 0.0285 e. The first kappa shape index (κ1) is 17.2. The van der Waals surface area contributed by atoms with Crippen LogP contribution in [0, 0.1) is 0 Å². The fourth-order valence-electron chi connectivity index (χ4n) is 2.21. The Balaban J connectivity index is 2.46. The Labute approximate surface area is 130 Å². The van der Waals surface area contributed by atoms with E-state index in [9.17, 15) is 0 Å². The third-order valence-corrected chi connectivity index (χ3v) is 5.16. The van der Waals surface area contributed by atoms with Crippen LogP contribution in [-0.2, 0) is 6.42 Å². The van der Waals surface area contributed by atoms with Crippen molar-refractivity contribution in [3.05, 3.63) is 20.8 Å². The lowest BCUT2D eigenvalue weighted by Gasteiger charge is -2.23. The van der Waals surface area contributed by atoms with E-state index in [0.717, 1.165) is 26.1 Å². The lowest BCUT2D eigenvalue weighted by atomic mass is 10.1. The molecule has 2 nitrogen and oxygen atoms in total. The molecular formula is C15H27BrN2S. The summed E-state index contributed by atoms with van der Waals surface area (Å²) in [6.07, 6.45) is 3.59. The first-order valence-electron chi connectivity index (χ1n) is 7.38. The van der Waals surface area contributed by atoms with Gasteiger partial charge in [0.15, 0.2) is 0 Å². The van der Waals surface area contributed by atoms with Crippen LogP contribution in [0.5, 0.6) is 0 Å². The van der Waals surface area contributed by atoms with Gasteiger partial charge in [0.2, 0.25) is 0 Å². The van der Waals surface area contributed by atoms with Crippen LogP contribution in [0.3, 0.4) is 0 Å². The Hall–Kier alpha value is 0.1000. The van der Waals surface area contributed by atoms with Gasteiger partial charge in [0, 0.05) is 20.8 Å². The third kappa shape index (κ3) is 6.89. The molecule has 1 rings (SSSR count). The van der Waals surface area contributed by atoms with Crippen molar-refractivity contribution in [3.63, 3.8) is 0 Å². The molecule has 1 atom stereocenters. The van der Waals surface area contributed by atoms with Crippen LogP contribution in [0.4, 0.5) is 0 Å². The quantitative estimate of drug-likeness (QED) is 0.684. The summed E-state index contributed by atoms with van der Waals surface area (Å²) >= 11 is 5.40. The Morgan fingerprint density at radius 3 is 2.58 bits per heavy atom. The summed E-state index contributed by atoms with van der Waals surface area (Å²) in [4.78, 5) is 3.98. The standard InChI is InChI=1S/C15H27BrN2S/c1-4-8-17-14(7-9-18(5-2)6-3)11-15-10-13(16)12-19-15/h10,12,14,17H,4-9,11H2,1-3H3. The highest BCUT2D eigenvalue weighted by Crippen LogP contribution is 2.21. The molecular weight excluding hydrogens is 320 g/mol. The predicted octanol–water partition coefficient (Wildman–Crippen LogP) is 4.15. The Morgan fingerprint density at radius 1 is 1.32 bits per heavy atom. The van der Waals surface area contributed by atoms with Crippen molar-refractivity contribution in [2.75, 3.05) is 26.2 Å². The molecule has 0 amide bonds. The monoisotopic (exact) mass is 346 g/mol. The van der Waals surface area contributed by atoms with Gasteiger partial charge in [-0.2, -0.15) is 0 Å². The second kappa shape index (κ2) is 9.92. The molecule has 0 aliphatic heterocycles. The lowest BCUT2D eigenvalue weighted by molar-refractivity contribution is 0.280. The van der Waals surface area contributed by atoms with Gasteiger partial charge in [-0.05, 0) is 67.4 Å². The Kier molecular flexibility index (Phi) is 8.95. The van der Waals surface area contributed by atoms with Crippen LogP contribution >= 0.6 is 27.3 Å². The largest absolute Gasteiger partial charge is 0.314 e. The maximum Gasteiger partial charge on any atom is 0.0285 e. The molecule has 0 bridgehead atoms. The average molecular weight is 347 g/mol. The summed E-state index contributed by atoms with van der Waals surface area (Å²) in [5.41, 5.74) is 0. The number of thiophene rings is 1. The van der Waals surface area contributed by atoms with Crippen molar-refractivity contribution in [2.24, 2.45) is 0 Å². The predicted molar refractivity (Wildman–Crippen MR) is 90.2 cm³/mol. The van der Waals surface area contributed by atoms with E-state index in [2.05, 4.69) is 58.4 Å². The van der Waals surface area contributed by atoms with Crippen molar-refractivity contribution in [2.45, 2.75) is 46.1 Å². The number of nitrogens with one attached hydrogen (secondary N) is 1. The zero-order chi connectivity index (χ0) is 14.1. The molecule has 0 saturated carbocycles. The van der Waals surface area contributed by atoms with Gasteiger partial charge in [-0.3, -0.25) is 0 Å². The number of nitrogens with zero attached hydrogens (tertiary/aromatic N) is 1. The van der Waals surface area contributed by atoms with E-state index in [1.54, 1.807) is 0 Å². The molecule has 1 N–H and O–H groups in total. The number of hydrogen-bond acceptors (Lipinski definition) is 3. The fraction of sp³-hybridized carbons (Fsp3) is 0.733. The van der Waals surface area contributed by atoms with Crippen LogP contribution in [0.2, 0.25) is 0 Å². The Morgan fingerprint density at radius 2 is 2.05 bits per heavy atom. The van der Waals surface area contributed by atoms with Crippen molar-refractivity contribution in [1.82, 2.24) is 10.2 Å². The van der Waals surface area contributed by atoms with E-state index >= 15 is 0 Å². The topological polar surface area (TPSA) is 15.3 Å². The van der Waals surface area contributed by atoms with Gasteiger partial charge in [-0.15, -0.1) is 11.3 Å². The van der Waals surface area contributed by atoms with Crippen molar-refractivity contribution in [3.8, 4) is 0 Å². The van der Waals surface area contributed by atoms with E-state index in [1.807, 2.05) is 11.3 Å². The van der Waals surface area contributed by atoms with Crippen LogP contribution in [0.25, 0.3) is 0 Å². The Bertz CT molecular complexity index is 337. The summed E-state index contributed by atoms with van der Waals surface area (Å²) in [5, 5.41) is 5.87. The second-order valence-corrected chi connectivity index (χ2v) is 6.81. The average Bonchev–Trinajstić information content (AvgIpc) is 2.82. The van der Waals surface area contributed by atoms with Gasteiger partial charge in [0.05, 0.1) is 0 Å². The maximum atomic E-state index is 3.70. The van der Waals surface area contributed by atoms with Gasteiger partial charge < -0.3 is 10.2 Å². The molecule has 1 aromatic heterocycles. The number of halogens is 1. The molecule has 110 valence electrons. The lowest BCUT2D eigenvalue weighted by Crippen LogP contribution is -2.36. The van der Waals surface area contributed by atoms with E-state index in [4.69, 9.17) is 0 Å². The third-order valence-electron chi connectivity index (χ3n) is 3.44. The van der Waals surface area contributed by atoms with E-state index in [1.165, 1.54) is 28.7 Å². The molecule has 1 aromatic rings. The van der Waals surface area contributed by atoms with E-state index < -0.39 is 0 Å². The first-order valence-corrected chi connectivity index (χ1v) is 9.05. The van der Waals surface area contributed by atoms with Crippen LogP contribution in [0.1, 0.15) is 38.5 Å². The van der Waals surface area contributed by atoms with Crippen LogP contribution < -0.4 is 5.32 Å². The van der Waals surface area contributed by atoms with E-state index in [-0.39, 0.29) is 0 Å². The maximum absolute atomic E-state index is 3.70. The molecule has 0 aromatic carbocycles. The van der Waals surface area contributed by atoms with Gasteiger partial charge in [0.25, 0.3) is 0 Å². The zero-order valence-electron chi connectivity index (χ0n) is 12.4. The summed E-state index contributed by atoms with van der Waals surface area (Å²) in [5.74, 6) is 0. The molecule has 0 saturated heterocycles. The number of rotatable bonds is 10. The summed E-state index contributed by atoms with van der Waals surface area (Å²) in [6.45, 7) is 11.3. The normalized spacial score (nSPS) is 13.1. The molecule has 1 unspecified atom stereocenters. The van der Waals surface area contributed by atoms with Crippen molar-refractivity contribution >= 4 is 27.3 Å². The van der Waals surface area contributed by atoms with Gasteiger partial charge >= 0.3 is 0 Å². The van der Waals surface area contributed by atoms with Gasteiger partial charge in [-0.1, -0.05) is 20.8 Å². The SMILES string of the molecule is CCCNC(CCN(CC)CC)Cc1cc(Br)cs1. The number of hydrogen-bond donors (Lipinski definition) is 1. The fourth-order valence-corrected chi connectivity index (χ4v) is 3.74. The summed E-state index contributed by atoms with van der Waals surface area (Å²) in [7, 11) is 0. The molecule has 19 heavy (non-hydrogen) atoms. The second-order valence-electron chi connectivity index (χ2n) is 4.90.